The summed E-state index contributed by atoms with van der Waals surface area (Å²) in [5.41, 5.74) is 4.69. The van der Waals surface area contributed by atoms with E-state index in [1.54, 1.807) is 30.3 Å². The number of hydrogen-bond donors (Lipinski definition) is 1. The van der Waals surface area contributed by atoms with Crippen molar-refractivity contribution in [1.82, 2.24) is 9.62 Å². The molecule has 0 aliphatic carbocycles. The van der Waals surface area contributed by atoms with Crippen LogP contribution in [0.2, 0.25) is 0 Å². The molecular weight excluding hydrogens is 384 g/mol. The molecule has 2 atom stereocenters. The van der Waals surface area contributed by atoms with Gasteiger partial charge in [-0.3, -0.25) is 4.79 Å². The lowest BCUT2D eigenvalue weighted by molar-refractivity contribution is -0.126. The first-order chi connectivity index (χ1) is 13.7. The van der Waals surface area contributed by atoms with Gasteiger partial charge >= 0.3 is 0 Å². The maximum Gasteiger partial charge on any atom is 0.243 e. The summed E-state index contributed by atoms with van der Waals surface area (Å²) >= 11 is 0. The minimum Gasteiger partial charge on any atom is -0.349 e. The smallest absolute Gasteiger partial charge is 0.243 e. The number of benzene rings is 2. The summed E-state index contributed by atoms with van der Waals surface area (Å²) in [5.74, 6) is -0.417. The van der Waals surface area contributed by atoms with Crippen LogP contribution in [0, 0.1) is 26.7 Å². The molecule has 1 N–H and O–H groups in total. The maximum atomic E-state index is 12.9. The van der Waals surface area contributed by atoms with Crippen LogP contribution in [-0.2, 0) is 14.8 Å². The summed E-state index contributed by atoms with van der Waals surface area (Å²) < 4.78 is 27.3. The summed E-state index contributed by atoms with van der Waals surface area (Å²) in [6.45, 7) is 8.86. The molecule has 0 saturated carbocycles. The van der Waals surface area contributed by atoms with Crippen molar-refractivity contribution in [2.45, 2.75) is 51.5 Å². The number of piperidine rings is 1. The van der Waals surface area contributed by atoms with E-state index in [0.29, 0.717) is 19.4 Å². The summed E-state index contributed by atoms with van der Waals surface area (Å²) in [4.78, 5) is 13.2. The third-order valence-corrected chi connectivity index (χ3v) is 7.72. The Balaban J connectivity index is 1.71. The van der Waals surface area contributed by atoms with E-state index in [1.165, 1.54) is 15.4 Å². The number of amides is 1. The van der Waals surface area contributed by atoms with Crippen LogP contribution in [0.4, 0.5) is 0 Å². The largest absolute Gasteiger partial charge is 0.349 e. The molecular formula is C23H30N2O3S. The van der Waals surface area contributed by atoms with Gasteiger partial charge in [-0.1, -0.05) is 30.3 Å². The van der Waals surface area contributed by atoms with E-state index >= 15 is 0 Å². The minimum atomic E-state index is -3.57. The quantitative estimate of drug-likeness (QED) is 0.807. The Kier molecular flexibility index (Phi) is 6.44. The van der Waals surface area contributed by atoms with E-state index in [-0.39, 0.29) is 29.3 Å². The third kappa shape index (κ3) is 4.70. The zero-order chi connectivity index (χ0) is 21.2. The van der Waals surface area contributed by atoms with Crippen LogP contribution in [0.1, 0.15) is 48.1 Å². The summed E-state index contributed by atoms with van der Waals surface area (Å²) in [6.07, 6.45) is 1.38. The highest BCUT2D eigenvalue weighted by Gasteiger charge is 2.33. The van der Waals surface area contributed by atoms with Crippen LogP contribution in [0.3, 0.4) is 0 Å². The van der Waals surface area contributed by atoms with Gasteiger partial charge in [-0.25, -0.2) is 8.42 Å². The van der Waals surface area contributed by atoms with Crippen LogP contribution < -0.4 is 5.32 Å². The second-order valence-electron chi connectivity index (χ2n) is 8.04. The van der Waals surface area contributed by atoms with Crippen molar-refractivity contribution in [2.75, 3.05) is 13.1 Å². The molecule has 1 heterocycles. The fourth-order valence-corrected chi connectivity index (χ4v) is 5.52. The molecule has 1 saturated heterocycles. The molecule has 6 heteroatoms. The van der Waals surface area contributed by atoms with Crippen molar-refractivity contribution in [3.63, 3.8) is 0 Å². The van der Waals surface area contributed by atoms with Gasteiger partial charge in [0.25, 0.3) is 0 Å². The van der Waals surface area contributed by atoms with Crippen molar-refractivity contribution < 1.29 is 13.2 Å². The number of carbonyl (C=O) groups is 1. The highest BCUT2D eigenvalue weighted by molar-refractivity contribution is 7.89. The van der Waals surface area contributed by atoms with E-state index in [0.717, 1.165) is 11.1 Å². The molecule has 3 rings (SSSR count). The Bertz CT molecular complexity index is 987. The van der Waals surface area contributed by atoms with E-state index in [4.69, 9.17) is 0 Å². The number of nitrogens with zero attached hydrogens (tertiary/aromatic N) is 1. The van der Waals surface area contributed by atoms with E-state index in [9.17, 15) is 13.2 Å². The molecule has 0 spiro atoms. The average molecular weight is 415 g/mol. The molecule has 1 aliphatic heterocycles. The second-order valence-corrected chi connectivity index (χ2v) is 9.98. The van der Waals surface area contributed by atoms with Crippen LogP contribution in [-0.4, -0.2) is 31.7 Å². The Labute approximate surface area is 174 Å². The summed E-state index contributed by atoms with van der Waals surface area (Å²) in [6, 6.07) is 12.6. The van der Waals surface area contributed by atoms with Gasteiger partial charge in [0.1, 0.15) is 0 Å². The number of nitrogens with one attached hydrogen (secondary N) is 1. The maximum absolute atomic E-state index is 12.9. The van der Waals surface area contributed by atoms with Gasteiger partial charge in [-0.15, -0.1) is 0 Å². The van der Waals surface area contributed by atoms with Gasteiger partial charge in [0.15, 0.2) is 0 Å². The van der Waals surface area contributed by atoms with Crippen LogP contribution >= 0.6 is 0 Å². The topological polar surface area (TPSA) is 66.5 Å². The number of hydrogen-bond acceptors (Lipinski definition) is 3. The number of sulfonamides is 1. The van der Waals surface area contributed by atoms with Crippen molar-refractivity contribution in [2.24, 2.45) is 5.92 Å². The number of aryl methyl sites for hydroxylation is 3. The molecule has 5 nitrogen and oxygen atoms in total. The SMILES string of the molecule is Cc1cc(C)c([C@@H](C)NC(=O)[C@@H]2CCCN(S(=O)(=O)c3ccccc3)C2)cc1C. The molecule has 156 valence electrons. The van der Waals surface area contributed by atoms with Gasteiger partial charge in [0, 0.05) is 13.1 Å². The van der Waals surface area contributed by atoms with Gasteiger partial charge in [-0.05, 0) is 74.9 Å². The Morgan fingerprint density at radius 2 is 1.72 bits per heavy atom. The molecule has 0 unspecified atom stereocenters. The predicted octanol–water partition coefficient (Wildman–Crippen LogP) is 3.89. The normalized spacial score (nSPS) is 19.0. The standard InChI is InChI=1S/C23H30N2O3S/c1-16-13-18(3)22(14-17(16)2)19(4)24-23(26)20-9-8-12-25(15-20)29(27,28)21-10-6-5-7-11-21/h5-7,10-11,13-14,19-20H,8-9,12,15H2,1-4H3,(H,24,26)/t19-,20-/m1/s1. The summed E-state index contributed by atoms with van der Waals surface area (Å²) in [5, 5.41) is 3.10. The molecule has 0 bridgehead atoms. The van der Waals surface area contributed by atoms with E-state index < -0.39 is 10.0 Å². The zero-order valence-corrected chi connectivity index (χ0v) is 18.4. The van der Waals surface area contributed by atoms with Crippen molar-refractivity contribution >= 4 is 15.9 Å². The molecule has 29 heavy (non-hydrogen) atoms. The number of rotatable bonds is 5. The number of carbonyl (C=O) groups excluding carboxylic acids is 1. The predicted molar refractivity (Wildman–Crippen MR) is 115 cm³/mol. The molecule has 2 aromatic rings. The molecule has 0 radical (unpaired) electrons. The van der Waals surface area contributed by atoms with Crippen LogP contribution in [0.5, 0.6) is 0 Å². The van der Waals surface area contributed by atoms with Crippen LogP contribution in [0.15, 0.2) is 47.4 Å². The first-order valence-corrected chi connectivity index (χ1v) is 11.6. The Hall–Kier alpha value is -2.18. The lowest BCUT2D eigenvalue weighted by Gasteiger charge is -2.32. The minimum absolute atomic E-state index is 0.0805. The highest BCUT2D eigenvalue weighted by atomic mass is 32.2. The molecule has 1 aliphatic rings. The first kappa shape index (κ1) is 21.5. The summed E-state index contributed by atoms with van der Waals surface area (Å²) in [7, 11) is -3.57. The third-order valence-electron chi connectivity index (χ3n) is 5.84. The molecule has 1 amide bonds. The van der Waals surface area contributed by atoms with Gasteiger partial charge < -0.3 is 5.32 Å². The fourth-order valence-electron chi connectivity index (χ4n) is 3.97. The van der Waals surface area contributed by atoms with Crippen molar-refractivity contribution in [3.8, 4) is 0 Å². The van der Waals surface area contributed by atoms with Gasteiger partial charge in [-0.2, -0.15) is 4.31 Å². The van der Waals surface area contributed by atoms with Gasteiger partial charge in [0.05, 0.1) is 16.9 Å². The Morgan fingerprint density at radius 1 is 1.07 bits per heavy atom. The molecule has 0 aromatic heterocycles. The second kappa shape index (κ2) is 8.67. The zero-order valence-electron chi connectivity index (χ0n) is 17.6. The first-order valence-electron chi connectivity index (χ1n) is 10.1. The molecule has 1 fully saturated rings. The highest BCUT2D eigenvalue weighted by Crippen LogP contribution is 2.26. The molecule has 2 aromatic carbocycles. The fraction of sp³-hybridized carbons (Fsp3) is 0.435. The lowest BCUT2D eigenvalue weighted by Crippen LogP contribution is -2.45. The van der Waals surface area contributed by atoms with Crippen molar-refractivity contribution in [1.29, 1.82) is 0 Å². The average Bonchev–Trinajstić information content (AvgIpc) is 2.71. The van der Waals surface area contributed by atoms with E-state index in [2.05, 4.69) is 38.2 Å². The lowest BCUT2D eigenvalue weighted by atomic mass is 9.95. The van der Waals surface area contributed by atoms with Crippen LogP contribution in [0.25, 0.3) is 0 Å². The van der Waals surface area contributed by atoms with Gasteiger partial charge in [0.2, 0.25) is 15.9 Å². The monoisotopic (exact) mass is 414 g/mol. The van der Waals surface area contributed by atoms with Crippen molar-refractivity contribution in [3.05, 3.63) is 64.7 Å². The van der Waals surface area contributed by atoms with E-state index in [1.807, 2.05) is 6.92 Å². The Morgan fingerprint density at radius 3 is 2.41 bits per heavy atom.